The Morgan fingerprint density at radius 2 is 1.91 bits per heavy atom. The quantitative estimate of drug-likeness (QED) is 0.113. The minimum atomic E-state index is -0.972. The van der Waals surface area contributed by atoms with E-state index in [0.717, 1.165) is 22.4 Å². The van der Waals surface area contributed by atoms with Crippen molar-refractivity contribution in [2.24, 2.45) is 5.92 Å². The van der Waals surface area contributed by atoms with Gasteiger partial charge in [0.1, 0.15) is 23.4 Å². The molecule has 0 bridgehead atoms. The maximum absolute atomic E-state index is 13.8. The van der Waals surface area contributed by atoms with E-state index in [2.05, 4.69) is 13.8 Å². The Balaban J connectivity index is 1.50. The van der Waals surface area contributed by atoms with E-state index in [1.54, 1.807) is 43.5 Å². The number of anilines is 1. The Kier molecular flexibility index (Phi) is 8.42. The van der Waals surface area contributed by atoms with E-state index in [9.17, 15) is 14.7 Å². The Morgan fingerprint density at radius 3 is 2.67 bits per heavy atom. The Labute approximate surface area is 266 Å². The summed E-state index contributed by atoms with van der Waals surface area (Å²) in [6, 6.07) is 15.2. The number of hydrogen-bond acceptors (Lipinski definition) is 9. The number of carbonyl (C=O) groups excluding carboxylic acids is 2. The number of benzene rings is 3. The summed E-state index contributed by atoms with van der Waals surface area (Å²) in [5, 5.41) is 12.1. The van der Waals surface area contributed by atoms with Crippen molar-refractivity contribution in [2.75, 3.05) is 25.2 Å². The van der Waals surface area contributed by atoms with Crippen LogP contribution in [-0.2, 0) is 16.0 Å². The molecule has 3 heterocycles. The number of rotatable bonds is 10. The van der Waals surface area contributed by atoms with Crippen molar-refractivity contribution in [3.8, 4) is 23.0 Å². The van der Waals surface area contributed by atoms with Crippen LogP contribution in [0.4, 0.5) is 5.13 Å². The lowest BCUT2D eigenvalue weighted by Gasteiger charge is -2.24. The molecule has 2 unspecified atom stereocenters. The van der Waals surface area contributed by atoms with Gasteiger partial charge in [-0.15, -0.1) is 0 Å². The zero-order chi connectivity index (χ0) is 31.8. The average molecular weight is 629 g/mol. The summed E-state index contributed by atoms with van der Waals surface area (Å²) < 4.78 is 24.0. The fraction of sp³-hybridized carbons (Fsp3) is 0.343. The Bertz CT molecular complexity index is 1810. The molecule has 9 nitrogen and oxygen atoms in total. The van der Waals surface area contributed by atoms with Crippen LogP contribution in [0.1, 0.15) is 56.8 Å². The molecule has 234 valence electrons. The average Bonchev–Trinajstić information content (AvgIpc) is 3.69. The van der Waals surface area contributed by atoms with E-state index < -0.39 is 17.7 Å². The topological polar surface area (TPSA) is 107 Å². The van der Waals surface area contributed by atoms with E-state index in [0.29, 0.717) is 64.6 Å². The van der Waals surface area contributed by atoms with E-state index in [1.165, 1.54) is 16.2 Å². The summed E-state index contributed by atoms with van der Waals surface area (Å²) in [6.07, 6.45) is 1.57. The van der Waals surface area contributed by atoms with Gasteiger partial charge in [0.25, 0.3) is 5.78 Å². The zero-order valence-corrected chi connectivity index (χ0v) is 26.8. The Morgan fingerprint density at radius 1 is 1.09 bits per heavy atom. The molecule has 0 saturated carbocycles. The number of carbonyl (C=O) groups is 2. The number of fused-ring (bicyclic) bond motifs is 2. The molecule has 1 fully saturated rings. The molecule has 1 N–H and O–H groups in total. The van der Waals surface area contributed by atoms with Crippen molar-refractivity contribution in [3.05, 3.63) is 76.9 Å². The van der Waals surface area contributed by atoms with Gasteiger partial charge >= 0.3 is 5.91 Å². The van der Waals surface area contributed by atoms with Crippen LogP contribution in [0.15, 0.2) is 60.2 Å². The van der Waals surface area contributed by atoms with Crippen molar-refractivity contribution in [3.63, 3.8) is 0 Å². The molecule has 0 aliphatic carbocycles. The van der Waals surface area contributed by atoms with E-state index in [-0.39, 0.29) is 17.4 Å². The SMILES string of the molecule is CCOc1cc(C2C(=C(O)c3ccc4c(c3)CC(C)O4)C(=O)C(=O)N2c2nc3ccc(OC)cc3s2)ccc1OCCC(C)C. The molecule has 1 saturated heterocycles. The van der Waals surface area contributed by atoms with Crippen LogP contribution < -0.4 is 23.8 Å². The molecule has 2 aliphatic rings. The van der Waals surface area contributed by atoms with Gasteiger partial charge in [0, 0.05) is 12.0 Å². The predicted octanol–water partition coefficient (Wildman–Crippen LogP) is 7.08. The number of amides is 1. The highest BCUT2D eigenvalue weighted by atomic mass is 32.1. The number of methoxy groups -OCH3 is 1. The van der Waals surface area contributed by atoms with Crippen LogP contribution in [-0.4, -0.2) is 48.2 Å². The summed E-state index contributed by atoms with van der Waals surface area (Å²) in [7, 11) is 1.58. The van der Waals surface area contributed by atoms with E-state index >= 15 is 0 Å². The van der Waals surface area contributed by atoms with Crippen molar-refractivity contribution in [2.45, 2.75) is 52.7 Å². The van der Waals surface area contributed by atoms with Gasteiger partial charge in [-0.05, 0) is 85.8 Å². The smallest absolute Gasteiger partial charge is 0.301 e. The number of thiazole rings is 1. The van der Waals surface area contributed by atoms with Gasteiger partial charge in [-0.25, -0.2) is 4.98 Å². The van der Waals surface area contributed by atoms with Gasteiger partial charge in [-0.2, -0.15) is 0 Å². The second kappa shape index (κ2) is 12.4. The molecule has 6 rings (SSSR count). The maximum atomic E-state index is 13.8. The normalized spacial score (nSPS) is 18.8. The minimum Gasteiger partial charge on any atom is -0.507 e. The van der Waals surface area contributed by atoms with Crippen LogP contribution in [0.2, 0.25) is 0 Å². The molecular weight excluding hydrogens is 592 g/mol. The first-order valence-corrected chi connectivity index (χ1v) is 15.9. The number of aromatic nitrogens is 1. The summed E-state index contributed by atoms with van der Waals surface area (Å²) in [4.78, 5) is 33.8. The number of ether oxygens (including phenoxy) is 4. The monoisotopic (exact) mass is 628 g/mol. The number of hydrogen-bond donors (Lipinski definition) is 1. The molecule has 1 amide bonds. The van der Waals surface area contributed by atoms with Crippen LogP contribution >= 0.6 is 11.3 Å². The molecule has 45 heavy (non-hydrogen) atoms. The van der Waals surface area contributed by atoms with Crippen molar-refractivity contribution in [1.29, 1.82) is 0 Å². The molecule has 10 heteroatoms. The Hall–Kier alpha value is -4.57. The highest BCUT2D eigenvalue weighted by molar-refractivity contribution is 7.22. The zero-order valence-electron chi connectivity index (χ0n) is 26.0. The fourth-order valence-electron chi connectivity index (χ4n) is 5.68. The number of nitrogens with zero attached hydrogens (tertiary/aromatic N) is 2. The standard InChI is InChI=1S/C35H36N2O7S/c1-6-42-28-17-21(7-12-27(28)43-14-13-19(2)3)31-30(32(38)22-8-11-26-23(16-22)15-20(4)44-26)33(39)34(40)37(31)35-36-25-10-9-24(41-5)18-29(25)45-35/h7-12,16-20,31,38H,6,13-15H2,1-5H3. The van der Waals surface area contributed by atoms with Gasteiger partial charge in [0.15, 0.2) is 16.6 Å². The minimum absolute atomic E-state index is 0.0129. The molecular formula is C35H36N2O7S. The number of aliphatic hydroxyl groups excluding tert-OH is 1. The lowest BCUT2D eigenvalue weighted by atomic mass is 9.94. The largest absolute Gasteiger partial charge is 0.507 e. The molecule has 0 radical (unpaired) electrons. The number of Topliss-reactive ketones (excluding diaryl/α,β-unsaturated/α-hetero) is 1. The predicted molar refractivity (Wildman–Crippen MR) is 174 cm³/mol. The number of ketones is 1. The van der Waals surface area contributed by atoms with Crippen molar-refractivity contribution >= 4 is 44.1 Å². The molecule has 4 aromatic rings. The highest BCUT2D eigenvalue weighted by Gasteiger charge is 2.48. The van der Waals surface area contributed by atoms with E-state index in [4.69, 9.17) is 23.9 Å². The summed E-state index contributed by atoms with van der Waals surface area (Å²) >= 11 is 1.27. The molecule has 1 aromatic heterocycles. The molecule has 3 aromatic carbocycles. The fourth-order valence-corrected chi connectivity index (χ4v) is 6.70. The van der Waals surface area contributed by atoms with Gasteiger partial charge in [0.2, 0.25) is 0 Å². The third kappa shape index (κ3) is 5.82. The van der Waals surface area contributed by atoms with Crippen molar-refractivity contribution < 1.29 is 33.6 Å². The van der Waals surface area contributed by atoms with Crippen LogP contribution in [0.3, 0.4) is 0 Å². The molecule has 2 aliphatic heterocycles. The summed E-state index contributed by atoms with van der Waals surface area (Å²) in [6.45, 7) is 9.03. The lowest BCUT2D eigenvalue weighted by Crippen LogP contribution is -2.29. The van der Waals surface area contributed by atoms with Crippen LogP contribution in [0.25, 0.3) is 16.0 Å². The molecule has 0 spiro atoms. The maximum Gasteiger partial charge on any atom is 0.301 e. The third-order valence-electron chi connectivity index (χ3n) is 7.94. The highest BCUT2D eigenvalue weighted by Crippen LogP contribution is 2.46. The van der Waals surface area contributed by atoms with Gasteiger partial charge < -0.3 is 24.1 Å². The van der Waals surface area contributed by atoms with Crippen LogP contribution in [0, 0.1) is 5.92 Å². The summed E-state index contributed by atoms with van der Waals surface area (Å²) in [5.74, 6) is 1.09. The van der Waals surface area contributed by atoms with Crippen LogP contribution in [0.5, 0.6) is 23.0 Å². The first-order chi connectivity index (χ1) is 21.7. The van der Waals surface area contributed by atoms with Gasteiger partial charge in [-0.1, -0.05) is 31.3 Å². The summed E-state index contributed by atoms with van der Waals surface area (Å²) in [5.41, 5.74) is 2.57. The van der Waals surface area contributed by atoms with Gasteiger partial charge in [-0.3, -0.25) is 14.5 Å². The van der Waals surface area contributed by atoms with Gasteiger partial charge in [0.05, 0.1) is 42.2 Å². The molecule has 2 atom stereocenters. The third-order valence-corrected chi connectivity index (χ3v) is 8.96. The number of aliphatic hydroxyl groups is 1. The second-order valence-electron chi connectivity index (χ2n) is 11.6. The lowest BCUT2D eigenvalue weighted by molar-refractivity contribution is -0.132. The van der Waals surface area contributed by atoms with E-state index in [1.807, 2.05) is 32.0 Å². The first kappa shape index (κ1) is 30.5. The first-order valence-electron chi connectivity index (χ1n) is 15.1. The second-order valence-corrected chi connectivity index (χ2v) is 12.6. The van der Waals surface area contributed by atoms with Crippen molar-refractivity contribution in [1.82, 2.24) is 4.98 Å².